The van der Waals surface area contributed by atoms with Crippen LogP contribution in [0.1, 0.15) is 29.9 Å². The van der Waals surface area contributed by atoms with Gasteiger partial charge < -0.3 is 10.1 Å². The van der Waals surface area contributed by atoms with Gasteiger partial charge in [-0.15, -0.1) is 6.42 Å². The number of carbonyl (C=O) groups excluding carboxylic acids is 2. The summed E-state index contributed by atoms with van der Waals surface area (Å²) in [4.78, 5) is 23.3. The molecule has 0 fully saturated rings. The largest absolute Gasteiger partial charge is 0.452 e. The fourth-order valence-corrected chi connectivity index (χ4v) is 1.98. The molecule has 0 saturated carbocycles. The van der Waals surface area contributed by atoms with Gasteiger partial charge in [0.1, 0.15) is 10.7 Å². The number of aromatic nitrogens is 2. The Labute approximate surface area is 128 Å². The fourth-order valence-electron chi connectivity index (χ4n) is 1.66. The van der Waals surface area contributed by atoms with E-state index >= 15 is 0 Å². The van der Waals surface area contributed by atoms with Crippen molar-refractivity contribution in [2.75, 3.05) is 13.2 Å². The van der Waals surface area contributed by atoms with Crippen LogP contribution >= 0.6 is 11.6 Å². The molecule has 1 heterocycles. The summed E-state index contributed by atoms with van der Waals surface area (Å²) >= 11 is 6.14. The highest BCUT2D eigenvalue weighted by Gasteiger charge is 2.22. The van der Waals surface area contributed by atoms with E-state index in [1.54, 1.807) is 11.6 Å². The Bertz CT molecular complexity index is 573. The van der Waals surface area contributed by atoms with Crippen molar-refractivity contribution in [1.29, 1.82) is 0 Å². The Kier molecular flexibility index (Phi) is 6.25. The van der Waals surface area contributed by atoms with E-state index in [0.29, 0.717) is 18.2 Å². The smallest absolute Gasteiger partial charge is 0.343 e. The highest BCUT2D eigenvalue weighted by atomic mass is 35.5. The highest BCUT2D eigenvalue weighted by Crippen LogP contribution is 2.21. The third kappa shape index (κ3) is 4.80. The van der Waals surface area contributed by atoms with Crippen LogP contribution in [-0.4, -0.2) is 34.8 Å². The minimum atomic E-state index is -0.677. The molecule has 0 aliphatic rings. The van der Waals surface area contributed by atoms with Gasteiger partial charge in [0.15, 0.2) is 6.61 Å². The van der Waals surface area contributed by atoms with Crippen molar-refractivity contribution in [3.63, 3.8) is 0 Å². The normalized spacial score (nSPS) is 10.3. The van der Waals surface area contributed by atoms with Crippen LogP contribution in [0.2, 0.25) is 5.15 Å². The summed E-state index contributed by atoms with van der Waals surface area (Å²) in [5.41, 5.74) is 0.650. The lowest BCUT2D eigenvalue weighted by molar-refractivity contribution is -0.123. The molecule has 0 bridgehead atoms. The first-order valence-corrected chi connectivity index (χ1v) is 6.84. The predicted molar refractivity (Wildman–Crippen MR) is 78.9 cm³/mol. The third-order valence-electron chi connectivity index (χ3n) is 2.53. The maximum atomic E-state index is 12.0. The Morgan fingerprint density at radius 1 is 1.52 bits per heavy atom. The fraction of sp³-hybridized carbons (Fsp3) is 0.500. The molecule has 0 aromatic carbocycles. The standard InChI is InChI=1S/C14H18ClN3O3/c1-5-6-16-11(19)8-21-14(20)12-10(4)17-18(13(12)15)7-9(2)3/h1,9H,6-8H2,2-4H3,(H,16,19). The quantitative estimate of drug-likeness (QED) is 0.637. The van der Waals surface area contributed by atoms with Crippen molar-refractivity contribution in [3.8, 4) is 12.3 Å². The second-order valence-electron chi connectivity index (χ2n) is 4.88. The van der Waals surface area contributed by atoms with E-state index in [0.717, 1.165) is 0 Å². The van der Waals surface area contributed by atoms with Gasteiger partial charge >= 0.3 is 5.97 Å². The number of rotatable bonds is 6. The molecular weight excluding hydrogens is 294 g/mol. The Morgan fingerprint density at radius 3 is 2.76 bits per heavy atom. The minimum Gasteiger partial charge on any atom is -0.452 e. The molecule has 1 aromatic rings. The molecule has 21 heavy (non-hydrogen) atoms. The molecule has 1 aromatic heterocycles. The van der Waals surface area contributed by atoms with Crippen molar-refractivity contribution in [1.82, 2.24) is 15.1 Å². The number of carbonyl (C=O) groups is 2. The lowest BCUT2D eigenvalue weighted by Gasteiger charge is -2.06. The van der Waals surface area contributed by atoms with Crippen molar-refractivity contribution in [3.05, 3.63) is 16.4 Å². The number of terminal acetylenes is 1. The first-order valence-electron chi connectivity index (χ1n) is 6.47. The van der Waals surface area contributed by atoms with Gasteiger partial charge in [0.05, 0.1) is 12.2 Å². The molecule has 0 aliphatic carbocycles. The van der Waals surface area contributed by atoms with Crippen molar-refractivity contribution in [2.45, 2.75) is 27.3 Å². The number of aryl methyl sites for hydroxylation is 1. The minimum absolute atomic E-state index is 0.0858. The van der Waals surface area contributed by atoms with E-state index in [4.69, 9.17) is 22.8 Å². The van der Waals surface area contributed by atoms with Gasteiger partial charge in [-0.2, -0.15) is 5.10 Å². The number of hydrogen-bond donors (Lipinski definition) is 1. The second kappa shape index (κ2) is 7.70. The van der Waals surface area contributed by atoms with Crippen LogP contribution in [0.15, 0.2) is 0 Å². The summed E-state index contributed by atoms with van der Waals surface area (Å²) in [7, 11) is 0. The summed E-state index contributed by atoms with van der Waals surface area (Å²) in [5, 5.41) is 6.82. The van der Waals surface area contributed by atoms with Crippen LogP contribution < -0.4 is 5.32 Å². The molecule has 1 amide bonds. The molecule has 7 heteroatoms. The molecule has 0 saturated heterocycles. The van der Waals surface area contributed by atoms with E-state index in [1.807, 2.05) is 13.8 Å². The van der Waals surface area contributed by atoms with Crippen LogP contribution in [0.3, 0.4) is 0 Å². The first kappa shape index (κ1) is 17.1. The number of esters is 1. The predicted octanol–water partition coefficient (Wildman–Crippen LogP) is 1.41. The molecule has 6 nitrogen and oxygen atoms in total. The SMILES string of the molecule is C#CCNC(=O)COC(=O)c1c(C)nn(CC(C)C)c1Cl. The van der Waals surface area contributed by atoms with Crippen LogP contribution in [0.4, 0.5) is 0 Å². The zero-order chi connectivity index (χ0) is 16.0. The summed E-state index contributed by atoms with van der Waals surface area (Å²) in [5.74, 6) is 1.44. The van der Waals surface area contributed by atoms with E-state index < -0.39 is 18.5 Å². The molecule has 0 radical (unpaired) electrons. The first-order chi connectivity index (χ1) is 9.86. The Hall–Kier alpha value is -2.00. The molecule has 0 unspecified atom stereocenters. The average Bonchev–Trinajstić information content (AvgIpc) is 2.67. The third-order valence-corrected chi connectivity index (χ3v) is 2.91. The number of nitrogens with zero attached hydrogens (tertiary/aromatic N) is 2. The van der Waals surface area contributed by atoms with Crippen LogP contribution in [0, 0.1) is 25.2 Å². The van der Waals surface area contributed by atoms with E-state index in [2.05, 4.69) is 16.3 Å². The number of nitrogens with one attached hydrogen (secondary N) is 1. The van der Waals surface area contributed by atoms with Gasteiger partial charge in [-0.1, -0.05) is 31.4 Å². The van der Waals surface area contributed by atoms with Crippen LogP contribution in [0.5, 0.6) is 0 Å². The lowest BCUT2D eigenvalue weighted by Crippen LogP contribution is -2.29. The Balaban J connectivity index is 2.73. The van der Waals surface area contributed by atoms with Crippen LogP contribution in [0.25, 0.3) is 0 Å². The maximum absolute atomic E-state index is 12.0. The monoisotopic (exact) mass is 311 g/mol. The number of ether oxygens (including phenoxy) is 1. The van der Waals surface area contributed by atoms with Gasteiger partial charge in [-0.05, 0) is 12.8 Å². The van der Waals surface area contributed by atoms with Gasteiger partial charge in [-0.3, -0.25) is 9.48 Å². The molecule has 1 rings (SSSR count). The van der Waals surface area contributed by atoms with E-state index in [-0.39, 0.29) is 17.3 Å². The summed E-state index contributed by atoms with van der Waals surface area (Å²) in [6, 6.07) is 0. The number of hydrogen-bond acceptors (Lipinski definition) is 4. The second-order valence-corrected chi connectivity index (χ2v) is 5.24. The summed E-state index contributed by atoms with van der Waals surface area (Å²) in [6.45, 7) is 5.96. The molecule has 0 aliphatic heterocycles. The topological polar surface area (TPSA) is 73.2 Å². The average molecular weight is 312 g/mol. The number of halogens is 1. The summed E-state index contributed by atoms with van der Waals surface area (Å²) < 4.78 is 6.46. The summed E-state index contributed by atoms with van der Waals surface area (Å²) in [6.07, 6.45) is 5.01. The van der Waals surface area contributed by atoms with Gasteiger partial charge in [0, 0.05) is 6.54 Å². The van der Waals surface area contributed by atoms with E-state index in [9.17, 15) is 9.59 Å². The lowest BCUT2D eigenvalue weighted by atomic mass is 10.2. The number of amides is 1. The molecule has 0 spiro atoms. The van der Waals surface area contributed by atoms with Crippen molar-refractivity contribution < 1.29 is 14.3 Å². The highest BCUT2D eigenvalue weighted by molar-refractivity contribution is 6.32. The zero-order valence-corrected chi connectivity index (χ0v) is 13.0. The van der Waals surface area contributed by atoms with Crippen LogP contribution in [-0.2, 0) is 16.1 Å². The zero-order valence-electron chi connectivity index (χ0n) is 12.3. The van der Waals surface area contributed by atoms with Gasteiger partial charge in [0.25, 0.3) is 5.91 Å². The Morgan fingerprint density at radius 2 is 2.19 bits per heavy atom. The molecule has 0 atom stereocenters. The molecule has 114 valence electrons. The van der Waals surface area contributed by atoms with Crippen molar-refractivity contribution >= 4 is 23.5 Å². The molecular formula is C14H18ClN3O3. The van der Waals surface area contributed by atoms with E-state index in [1.165, 1.54) is 0 Å². The maximum Gasteiger partial charge on any atom is 0.343 e. The van der Waals surface area contributed by atoms with Gasteiger partial charge in [0.2, 0.25) is 0 Å². The molecule has 1 N–H and O–H groups in total. The van der Waals surface area contributed by atoms with Gasteiger partial charge in [-0.25, -0.2) is 4.79 Å². The van der Waals surface area contributed by atoms with Crippen molar-refractivity contribution in [2.24, 2.45) is 5.92 Å².